The van der Waals surface area contributed by atoms with Gasteiger partial charge in [0.1, 0.15) is 0 Å². The minimum absolute atomic E-state index is 0.0370. The Labute approximate surface area is 170 Å². The van der Waals surface area contributed by atoms with E-state index in [0.29, 0.717) is 5.92 Å². The molecular weight excluding hydrogens is 368 g/mol. The maximum absolute atomic E-state index is 12.8. The molecule has 3 aromatic rings. The maximum atomic E-state index is 12.8. The molecule has 0 aliphatic carbocycles. The molecule has 146 valence electrons. The molecule has 2 aromatic carbocycles. The number of nitrogens with zero attached hydrogens (tertiary/aromatic N) is 3. The minimum Gasteiger partial charge on any atom is -0.325 e. The summed E-state index contributed by atoms with van der Waals surface area (Å²) in [5.41, 5.74) is 3.06. The van der Waals surface area contributed by atoms with Crippen LogP contribution < -0.4 is 5.32 Å². The first-order valence-electron chi connectivity index (χ1n) is 9.52. The number of para-hydroxylation sites is 1. The van der Waals surface area contributed by atoms with Crippen molar-refractivity contribution in [3.05, 3.63) is 60.2 Å². The van der Waals surface area contributed by atoms with Gasteiger partial charge >= 0.3 is 0 Å². The van der Waals surface area contributed by atoms with Crippen LogP contribution in [0.15, 0.2) is 59.8 Å². The monoisotopic (exact) mass is 394 g/mol. The van der Waals surface area contributed by atoms with Crippen molar-refractivity contribution in [1.82, 2.24) is 14.8 Å². The van der Waals surface area contributed by atoms with Crippen LogP contribution in [0.5, 0.6) is 0 Å². The lowest BCUT2D eigenvalue weighted by Crippen LogP contribution is -2.23. The van der Waals surface area contributed by atoms with Crippen molar-refractivity contribution in [3.8, 4) is 11.4 Å². The van der Waals surface area contributed by atoms with Crippen LogP contribution in [0.4, 0.5) is 5.69 Å². The van der Waals surface area contributed by atoms with Crippen molar-refractivity contribution in [2.75, 3.05) is 5.32 Å². The molecule has 0 saturated heterocycles. The SMILES string of the molecule is CC[C@@H](C)c1ccccc1NC(=O)[C@@H](C)Sc1nnc(-c2ccccc2)n1C. The Morgan fingerprint density at radius 3 is 2.46 bits per heavy atom. The Bertz CT molecular complexity index is 939. The topological polar surface area (TPSA) is 59.8 Å². The van der Waals surface area contributed by atoms with Gasteiger partial charge in [-0.15, -0.1) is 10.2 Å². The molecule has 1 amide bonds. The van der Waals surface area contributed by atoms with E-state index in [1.165, 1.54) is 17.3 Å². The Balaban J connectivity index is 1.72. The fourth-order valence-electron chi connectivity index (χ4n) is 2.96. The van der Waals surface area contributed by atoms with E-state index in [1.54, 1.807) is 0 Å². The van der Waals surface area contributed by atoms with Crippen molar-refractivity contribution < 1.29 is 4.79 Å². The van der Waals surface area contributed by atoms with Crippen LogP contribution in [0, 0.1) is 0 Å². The number of anilines is 1. The van der Waals surface area contributed by atoms with E-state index < -0.39 is 0 Å². The van der Waals surface area contributed by atoms with E-state index in [2.05, 4.69) is 35.4 Å². The van der Waals surface area contributed by atoms with Crippen molar-refractivity contribution in [2.24, 2.45) is 7.05 Å². The Kier molecular flexibility index (Phi) is 6.52. The second-order valence-corrected chi connectivity index (χ2v) is 8.19. The Morgan fingerprint density at radius 2 is 1.75 bits per heavy atom. The smallest absolute Gasteiger partial charge is 0.237 e. The molecule has 1 N–H and O–H groups in total. The molecule has 0 fully saturated rings. The number of aromatic nitrogens is 3. The van der Waals surface area contributed by atoms with E-state index in [1.807, 2.05) is 67.1 Å². The van der Waals surface area contributed by atoms with Crippen LogP contribution in [-0.4, -0.2) is 25.9 Å². The van der Waals surface area contributed by atoms with Gasteiger partial charge in [-0.05, 0) is 30.9 Å². The quantitative estimate of drug-likeness (QED) is 0.565. The number of carbonyl (C=O) groups is 1. The molecule has 0 spiro atoms. The number of hydrogen-bond acceptors (Lipinski definition) is 4. The minimum atomic E-state index is -0.295. The summed E-state index contributed by atoms with van der Waals surface area (Å²) >= 11 is 1.41. The second-order valence-electron chi connectivity index (χ2n) is 6.88. The van der Waals surface area contributed by atoms with E-state index in [4.69, 9.17) is 0 Å². The van der Waals surface area contributed by atoms with Gasteiger partial charge in [0.15, 0.2) is 11.0 Å². The molecule has 6 heteroatoms. The lowest BCUT2D eigenvalue weighted by molar-refractivity contribution is -0.115. The zero-order valence-corrected chi connectivity index (χ0v) is 17.5. The lowest BCUT2D eigenvalue weighted by Gasteiger charge is -2.17. The molecule has 5 nitrogen and oxygen atoms in total. The number of benzene rings is 2. The van der Waals surface area contributed by atoms with Gasteiger partial charge in [0.2, 0.25) is 5.91 Å². The van der Waals surface area contributed by atoms with Gasteiger partial charge < -0.3 is 9.88 Å². The van der Waals surface area contributed by atoms with Crippen molar-refractivity contribution >= 4 is 23.4 Å². The fraction of sp³-hybridized carbons (Fsp3) is 0.318. The van der Waals surface area contributed by atoms with Crippen LogP contribution in [0.3, 0.4) is 0 Å². The van der Waals surface area contributed by atoms with E-state index >= 15 is 0 Å². The first kappa shape index (κ1) is 20.1. The van der Waals surface area contributed by atoms with Crippen LogP contribution >= 0.6 is 11.8 Å². The summed E-state index contributed by atoms with van der Waals surface area (Å²) < 4.78 is 1.93. The number of amides is 1. The van der Waals surface area contributed by atoms with Crippen LogP contribution in [-0.2, 0) is 11.8 Å². The normalized spacial score (nSPS) is 13.1. The number of nitrogens with one attached hydrogen (secondary N) is 1. The average Bonchev–Trinajstić information content (AvgIpc) is 3.08. The van der Waals surface area contributed by atoms with Gasteiger partial charge in [-0.2, -0.15) is 0 Å². The molecule has 0 saturated carbocycles. The Morgan fingerprint density at radius 1 is 1.07 bits per heavy atom. The number of carbonyl (C=O) groups excluding carboxylic acids is 1. The predicted octanol–water partition coefficient (Wildman–Crippen LogP) is 5.11. The number of hydrogen-bond donors (Lipinski definition) is 1. The third-order valence-electron chi connectivity index (χ3n) is 4.88. The molecule has 0 aliphatic rings. The lowest BCUT2D eigenvalue weighted by atomic mass is 9.97. The average molecular weight is 395 g/mol. The standard InChI is InChI=1S/C22H26N4OS/c1-5-15(2)18-13-9-10-14-19(18)23-21(27)16(3)28-22-25-24-20(26(22)4)17-11-7-6-8-12-17/h6-16H,5H2,1-4H3,(H,23,27)/t15-,16-/m1/s1. The summed E-state index contributed by atoms with van der Waals surface area (Å²) in [6.07, 6.45) is 1.03. The molecule has 1 aromatic heterocycles. The first-order chi connectivity index (χ1) is 13.5. The molecule has 1 heterocycles. The third kappa shape index (κ3) is 4.44. The van der Waals surface area contributed by atoms with Crippen LogP contribution in [0.25, 0.3) is 11.4 Å². The summed E-state index contributed by atoms with van der Waals surface area (Å²) in [5.74, 6) is 1.15. The first-order valence-corrected chi connectivity index (χ1v) is 10.4. The van der Waals surface area contributed by atoms with Crippen molar-refractivity contribution in [2.45, 2.75) is 43.5 Å². The highest BCUT2D eigenvalue weighted by Gasteiger charge is 2.20. The van der Waals surface area contributed by atoms with Crippen molar-refractivity contribution in [1.29, 1.82) is 0 Å². The zero-order valence-electron chi connectivity index (χ0n) is 16.7. The van der Waals surface area contributed by atoms with E-state index in [-0.39, 0.29) is 11.2 Å². The van der Waals surface area contributed by atoms with Crippen LogP contribution in [0.2, 0.25) is 0 Å². The summed E-state index contributed by atoms with van der Waals surface area (Å²) in [6.45, 7) is 6.22. The predicted molar refractivity (Wildman–Crippen MR) is 116 cm³/mol. The zero-order chi connectivity index (χ0) is 20.1. The number of thioether (sulfide) groups is 1. The second kappa shape index (κ2) is 9.06. The highest BCUT2D eigenvalue weighted by Crippen LogP contribution is 2.29. The molecule has 28 heavy (non-hydrogen) atoms. The molecule has 0 radical (unpaired) electrons. The summed E-state index contributed by atoms with van der Waals surface area (Å²) in [7, 11) is 1.92. The maximum Gasteiger partial charge on any atom is 0.237 e. The van der Waals surface area contributed by atoms with Gasteiger partial charge in [-0.25, -0.2) is 0 Å². The molecule has 0 aliphatic heterocycles. The summed E-state index contributed by atoms with van der Waals surface area (Å²) in [4.78, 5) is 12.8. The molecule has 0 bridgehead atoms. The van der Waals surface area contributed by atoms with E-state index in [0.717, 1.165) is 28.7 Å². The van der Waals surface area contributed by atoms with Gasteiger partial charge in [-0.1, -0.05) is 74.1 Å². The molecule has 0 unspecified atom stereocenters. The van der Waals surface area contributed by atoms with Crippen LogP contribution in [0.1, 0.15) is 38.7 Å². The van der Waals surface area contributed by atoms with Crippen molar-refractivity contribution in [3.63, 3.8) is 0 Å². The van der Waals surface area contributed by atoms with Gasteiger partial charge in [0.05, 0.1) is 5.25 Å². The van der Waals surface area contributed by atoms with Gasteiger partial charge in [0.25, 0.3) is 0 Å². The fourth-order valence-corrected chi connectivity index (χ4v) is 3.78. The van der Waals surface area contributed by atoms with E-state index in [9.17, 15) is 4.79 Å². The molecule has 2 atom stereocenters. The largest absolute Gasteiger partial charge is 0.325 e. The Hall–Kier alpha value is -2.60. The van der Waals surface area contributed by atoms with Gasteiger partial charge in [-0.3, -0.25) is 4.79 Å². The molecule has 3 rings (SSSR count). The number of rotatable bonds is 7. The summed E-state index contributed by atoms with van der Waals surface area (Å²) in [5, 5.41) is 12.1. The molecular formula is C22H26N4OS. The highest BCUT2D eigenvalue weighted by molar-refractivity contribution is 8.00. The summed E-state index contributed by atoms with van der Waals surface area (Å²) in [6, 6.07) is 17.9. The highest BCUT2D eigenvalue weighted by atomic mass is 32.2. The third-order valence-corrected chi connectivity index (χ3v) is 6.01. The van der Waals surface area contributed by atoms with Gasteiger partial charge in [0, 0.05) is 18.3 Å².